The highest BCUT2D eigenvalue weighted by atomic mass is 16.5. The summed E-state index contributed by atoms with van der Waals surface area (Å²) < 4.78 is 5.85. The van der Waals surface area contributed by atoms with E-state index in [0.717, 1.165) is 61.7 Å². The second-order valence-electron chi connectivity index (χ2n) is 14.3. The fourth-order valence-corrected chi connectivity index (χ4v) is 6.31. The zero-order valence-corrected chi connectivity index (χ0v) is 25.8. The molecule has 2 aromatic rings. The number of hydrogen-bond donors (Lipinski definition) is 0. The number of rotatable bonds is 8. The second-order valence-corrected chi connectivity index (χ2v) is 14.3. The minimum atomic E-state index is -0.562. The Morgan fingerprint density at radius 3 is 2.08 bits per heavy atom. The van der Waals surface area contributed by atoms with Crippen LogP contribution in [-0.4, -0.2) is 34.6 Å². The fraction of sp³-hybridized carbons (Fsp3) is 0.571. The van der Waals surface area contributed by atoms with E-state index in [1.807, 2.05) is 62.4 Å². The highest BCUT2D eigenvalue weighted by Gasteiger charge is 2.52. The molecule has 2 aliphatic rings. The number of amides is 1. The van der Waals surface area contributed by atoms with Crippen LogP contribution in [0.4, 0.5) is 0 Å². The summed E-state index contributed by atoms with van der Waals surface area (Å²) in [6.45, 7) is 17.7. The normalized spacial score (nSPS) is 22.5. The number of carbonyl (C=O) groups is 2. The number of aliphatic imine (C=N–C) groups is 1. The number of aldehydes is 1. The van der Waals surface area contributed by atoms with Crippen LogP contribution in [0.2, 0.25) is 0 Å². The number of carbonyl (C=O) groups excluding carboxylic acids is 2. The van der Waals surface area contributed by atoms with Gasteiger partial charge in [0.25, 0.3) is 5.91 Å². The zero-order chi connectivity index (χ0) is 29.3. The van der Waals surface area contributed by atoms with Crippen molar-refractivity contribution in [2.24, 2.45) is 21.7 Å². The third-order valence-electron chi connectivity index (χ3n) is 8.64. The van der Waals surface area contributed by atoms with E-state index in [4.69, 9.17) is 9.73 Å². The van der Waals surface area contributed by atoms with E-state index in [9.17, 15) is 9.59 Å². The average molecular weight is 545 g/mol. The molecule has 1 aliphatic heterocycles. The van der Waals surface area contributed by atoms with Gasteiger partial charge < -0.3 is 9.64 Å². The van der Waals surface area contributed by atoms with Crippen LogP contribution in [0.5, 0.6) is 5.75 Å². The molecule has 5 heteroatoms. The number of ether oxygens (including phenoxy) is 1. The monoisotopic (exact) mass is 544 g/mol. The van der Waals surface area contributed by atoms with Crippen molar-refractivity contribution >= 4 is 17.9 Å². The lowest BCUT2D eigenvalue weighted by Crippen LogP contribution is -2.51. The summed E-state index contributed by atoms with van der Waals surface area (Å²) in [5.74, 6) is 1.40. The van der Waals surface area contributed by atoms with Gasteiger partial charge in [0, 0.05) is 11.1 Å². The standard InChI is InChI=1S/C35H48N2O3/c1-24(2)40-29-15-13-27(14-16-29)31-32(39)37(35(36-31)21-17-28(18-22-35)34(6,7)8)30(19-20-33(3,4)5)26-11-9-25(23-38)10-12-26/h9-16,23-24,28,30H,17-22H2,1-8H3/t28?,30-,35?/m1/s1. The summed E-state index contributed by atoms with van der Waals surface area (Å²) >= 11 is 0. The van der Waals surface area contributed by atoms with E-state index < -0.39 is 5.66 Å². The minimum absolute atomic E-state index is 0.00473. The first-order chi connectivity index (χ1) is 18.7. The molecule has 1 heterocycles. The van der Waals surface area contributed by atoms with Gasteiger partial charge in [-0.05, 0) is 98.9 Å². The Hall–Kier alpha value is -2.95. The average Bonchev–Trinajstić information content (AvgIpc) is 3.15. The van der Waals surface area contributed by atoms with E-state index in [0.29, 0.717) is 17.2 Å². The van der Waals surface area contributed by atoms with Crippen LogP contribution in [0.25, 0.3) is 0 Å². The van der Waals surface area contributed by atoms with E-state index in [1.54, 1.807) is 0 Å². The first-order valence-electron chi connectivity index (χ1n) is 15.0. The largest absolute Gasteiger partial charge is 0.491 e. The van der Waals surface area contributed by atoms with E-state index in [1.165, 1.54) is 0 Å². The SMILES string of the molecule is CC(C)Oc1ccc(C2=NC3(CCC(C(C)(C)C)CC3)N([C@H](CCC(C)(C)C)c3ccc(C=O)cc3)C2=O)cc1. The molecule has 1 fully saturated rings. The van der Waals surface area contributed by atoms with Gasteiger partial charge in [0.2, 0.25) is 0 Å². The topological polar surface area (TPSA) is 59.0 Å². The predicted molar refractivity (Wildman–Crippen MR) is 163 cm³/mol. The first-order valence-corrected chi connectivity index (χ1v) is 15.0. The molecule has 0 saturated heterocycles. The van der Waals surface area contributed by atoms with Gasteiger partial charge in [0.05, 0.1) is 12.1 Å². The molecular formula is C35H48N2O3. The molecule has 0 unspecified atom stereocenters. The van der Waals surface area contributed by atoms with Crippen LogP contribution in [0.3, 0.4) is 0 Å². The molecular weight excluding hydrogens is 496 g/mol. The fourth-order valence-electron chi connectivity index (χ4n) is 6.31. The molecule has 0 N–H and O–H groups in total. The maximum absolute atomic E-state index is 14.5. The van der Waals surface area contributed by atoms with Crippen molar-refractivity contribution in [3.05, 3.63) is 65.2 Å². The number of benzene rings is 2. The van der Waals surface area contributed by atoms with Crippen molar-refractivity contribution in [1.82, 2.24) is 4.90 Å². The Morgan fingerprint density at radius 2 is 1.57 bits per heavy atom. The van der Waals surface area contributed by atoms with E-state index in [2.05, 4.69) is 46.4 Å². The van der Waals surface area contributed by atoms with Crippen molar-refractivity contribution in [3.63, 3.8) is 0 Å². The van der Waals surface area contributed by atoms with Gasteiger partial charge in [0.1, 0.15) is 23.4 Å². The predicted octanol–water partition coefficient (Wildman–Crippen LogP) is 8.42. The Labute approximate surface area is 241 Å². The zero-order valence-electron chi connectivity index (χ0n) is 25.8. The highest BCUT2D eigenvalue weighted by Crippen LogP contribution is 2.50. The summed E-state index contributed by atoms with van der Waals surface area (Å²) in [6, 6.07) is 15.5. The van der Waals surface area contributed by atoms with Gasteiger partial charge in [-0.3, -0.25) is 14.6 Å². The lowest BCUT2D eigenvalue weighted by atomic mass is 9.69. The smallest absolute Gasteiger partial charge is 0.275 e. The van der Waals surface area contributed by atoms with Gasteiger partial charge in [-0.25, -0.2) is 0 Å². The molecule has 4 rings (SSSR count). The molecule has 0 radical (unpaired) electrons. The summed E-state index contributed by atoms with van der Waals surface area (Å²) in [6.07, 6.45) is 6.56. The van der Waals surface area contributed by atoms with Crippen molar-refractivity contribution in [1.29, 1.82) is 0 Å². The highest BCUT2D eigenvalue weighted by molar-refractivity contribution is 6.46. The summed E-state index contributed by atoms with van der Waals surface area (Å²) in [5.41, 5.74) is 2.89. The van der Waals surface area contributed by atoms with Crippen molar-refractivity contribution in [2.45, 2.75) is 112 Å². The third-order valence-corrected chi connectivity index (χ3v) is 8.64. The number of nitrogens with zero attached hydrogens (tertiary/aromatic N) is 2. The number of hydrogen-bond acceptors (Lipinski definition) is 4. The van der Waals surface area contributed by atoms with Crippen molar-refractivity contribution in [3.8, 4) is 5.75 Å². The van der Waals surface area contributed by atoms with Gasteiger partial charge in [-0.15, -0.1) is 0 Å². The molecule has 1 amide bonds. The Balaban J connectivity index is 1.77. The lowest BCUT2D eigenvalue weighted by molar-refractivity contribution is -0.134. The van der Waals surface area contributed by atoms with Crippen LogP contribution in [0.15, 0.2) is 53.5 Å². The van der Waals surface area contributed by atoms with Crippen LogP contribution in [0.1, 0.15) is 121 Å². The van der Waals surface area contributed by atoms with Gasteiger partial charge >= 0.3 is 0 Å². The summed E-state index contributed by atoms with van der Waals surface area (Å²) in [7, 11) is 0. The molecule has 0 aromatic heterocycles. The molecule has 2 aromatic carbocycles. The summed E-state index contributed by atoms with van der Waals surface area (Å²) in [5, 5.41) is 0. The van der Waals surface area contributed by atoms with E-state index in [-0.39, 0.29) is 28.9 Å². The van der Waals surface area contributed by atoms with Gasteiger partial charge in [-0.1, -0.05) is 65.8 Å². The quantitative estimate of drug-likeness (QED) is 0.313. The third kappa shape index (κ3) is 6.67. The van der Waals surface area contributed by atoms with E-state index >= 15 is 0 Å². The molecule has 40 heavy (non-hydrogen) atoms. The molecule has 0 bridgehead atoms. The first kappa shape index (κ1) is 30.0. The second kappa shape index (κ2) is 11.5. The van der Waals surface area contributed by atoms with Crippen molar-refractivity contribution < 1.29 is 14.3 Å². The van der Waals surface area contributed by atoms with Crippen LogP contribution in [0, 0.1) is 16.7 Å². The molecule has 1 spiro atoms. The molecule has 1 saturated carbocycles. The van der Waals surface area contributed by atoms with Gasteiger partial charge in [-0.2, -0.15) is 0 Å². The lowest BCUT2D eigenvalue weighted by Gasteiger charge is -2.47. The Kier molecular flexibility index (Phi) is 8.63. The molecule has 5 nitrogen and oxygen atoms in total. The maximum atomic E-state index is 14.5. The Morgan fingerprint density at radius 1 is 0.975 bits per heavy atom. The molecule has 216 valence electrons. The van der Waals surface area contributed by atoms with Crippen LogP contribution >= 0.6 is 0 Å². The summed E-state index contributed by atoms with van der Waals surface area (Å²) in [4.78, 5) is 33.4. The maximum Gasteiger partial charge on any atom is 0.275 e. The van der Waals surface area contributed by atoms with Crippen LogP contribution in [-0.2, 0) is 4.79 Å². The minimum Gasteiger partial charge on any atom is -0.491 e. The Bertz CT molecular complexity index is 1210. The van der Waals surface area contributed by atoms with Crippen molar-refractivity contribution in [2.75, 3.05) is 0 Å². The molecule has 1 aliphatic carbocycles. The van der Waals surface area contributed by atoms with Gasteiger partial charge in [0.15, 0.2) is 0 Å². The van der Waals surface area contributed by atoms with Crippen LogP contribution < -0.4 is 4.74 Å². The molecule has 1 atom stereocenters.